The number of carbonyl (C=O) groups excluding carboxylic acids is 1. The van der Waals surface area contributed by atoms with Crippen molar-refractivity contribution in [3.8, 4) is 0 Å². The Morgan fingerprint density at radius 2 is 2.46 bits per heavy atom. The Bertz CT molecular complexity index is 341. The van der Waals surface area contributed by atoms with Crippen molar-refractivity contribution in [3.63, 3.8) is 0 Å². The van der Waals surface area contributed by atoms with Gasteiger partial charge >= 0.3 is 5.97 Å². The molecule has 70 valence electrons. The van der Waals surface area contributed by atoms with E-state index in [0.717, 1.165) is 6.08 Å². The lowest BCUT2D eigenvalue weighted by atomic mass is 10.3. The molecule has 5 nitrogen and oxygen atoms in total. The maximum atomic E-state index is 10.7. The van der Waals surface area contributed by atoms with Crippen LogP contribution in [0.4, 0.5) is 0 Å². The van der Waals surface area contributed by atoms with Crippen molar-refractivity contribution < 1.29 is 14.6 Å². The first-order valence-corrected chi connectivity index (χ1v) is 3.61. The second-order valence-corrected chi connectivity index (χ2v) is 2.46. The van der Waals surface area contributed by atoms with Gasteiger partial charge in [-0.25, -0.2) is 4.79 Å². The zero-order chi connectivity index (χ0) is 9.84. The Morgan fingerprint density at radius 1 is 1.77 bits per heavy atom. The second-order valence-electron chi connectivity index (χ2n) is 2.46. The van der Waals surface area contributed by atoms with Gasteiger partial charge in [-0.3, -0.25) is 4.68 Å². The molecular weight excluding hydrogens is 172 g/mol. The van der Waals surface area contributed by atoms with Crippen LogP contribution in [-0.4, -0.2) is 28.0 Å². The number of aliphatic hydroxyl groups excluding tert-OH is 1. The highest BCUT2D eigenvalue weighted by Crippen LogP contribution is 2.08. The van der Waals surface area contributed by atoms with E-state index in [1.807, 2.05) is 0 Å². The molecule has 0 atom stereocenters. The lowest BCUT2D eigenvalue weighted by Gasteiger charge is -1.94. The fourth-order valence-corrected chi connectivity index (χ4v) is 0.807. The highest BCUT2D eigenvalue weighted by Gasteiger charge is 2.04. The number of hydrogen-bond donors (Lipinski definition) is 1. The molecule has 0 aliphatic rings. The zero-order valence-corrected chi connectivity index (χ0v) is 7.39. The number of methoxy groups -OCH3 is 1. The molecule has 1 aromatic rings. The number of aryl methyl sites for hydroxylation is 1. The van der Waals surface area contributed by atoms with Crippen molar-refractivity contribution in [1.29, 1.82) is 0 Å². The van der Waals surface area contributed by atoms with Gasteiger partial charge in [0, 0.05) is 13.2 Å². The monoisotopic (exact) mass is 182 g/mol. The van der Waals surface area contributed by atoms with Crippen molar-refractivity contribution in [2.75, 3.05) is 7.11 Å². The second kappa shape index (κ2) is 3.75. The molecule has 0 aliphatic carbocycles. The minimum absolute atomic E-state index is 0.153. The summed E-state index contributed by atoms with van der Waals surface area (Å²) < 4.78 is 5.87. The summed E-state index contributed by atoms with van der Waals surface area (Å²) in [5.41, 5.74) is 0.480. The molecule has 1 heterocycles. The summed E-state index contributed by atoms with van der Waals surface area (Å²) in [4.78, 5) is 10.7. The van der Waals surface area contributed by atoms with Gasteiger partial charge in [0.15, 0.2) is 0 Å². The predicted molar refractivity (Wildman–Crippen MR) is 45.8 cm³/mol. The van der Waals surface area contributed by atoms with E-state index in [4.69, 9.17) is 0 Å². The molecule has 13 heavy (non-hydrogen) atoms. The first-order chi connectivity index (χ1) is 6.13. The maximum absolute atomic E-state index is 10.7. The van der Waals surface area contributed by atoms with E-state index >= 15 is 0 Å². The summed E-state index contributed by atoms with van der Waals surface area (Å²) in [5, 5.41) is 13.2. The lowest BCUT2D eigenvalue weighted by molar-refractivity contribution is -0.134. The van der Waals surface area contributed by atoms with Crippen LogP contribution in [0.15, 0.2) is 18.5 Å². The van der Waals surface area contributed by atoms with Gasteiger partial charge in [0.1, 0.15) is 5.76 Å². The van der Waals surface area contributed by atoms with Gasteiger partial charge in [-0.2, -0.15) is 5.10 Å². The van der Waals surface area contributed by atoms with Gasteiger partial charge in [0.25, 0.3) is 0 Å². The SMILES string of the molecule is COC(=O)C=C(O)c1cnn(C)c1. The smallest absolute Gasteiger partial charge is 0.334 e. The summed E-state index contributed by atoms with van der Waals surface area (Å²) in [6, 6.07) is 0. The van der Waals surface area contributed by atoms with Crippen LogP contribution in [0.25, 0.3) is 5.76 Å². The molecule has 0 bridgehead atoms. The summed E-state index contributed by atoms with van der Waals surface area (Å²) >= 11 is 0. The van der Waals surface area contributed by atoms with Crippen molar-refractivity contribution in [2.45, 2.75) is 0 Å². The number of aliphatic hydroxyl groups is 1. The van der Waals surface area contributed by atoms with Crippen LogP contribution in [0, 0.1) is 0 Å². The fraction of sp³-hybridized carbons (Fsp3) is 0.250. The highest BCUT2D eigenvalue weighted by atomic mass is 16.5. The van der Waals surface area contributed by atoms with Crippen molar-refractivity contribution in [3.05, 3.63) is 24.0 Å². The number of hydrogen-bond acceptors (Lipinski definition) is 4. The van der Waals surface area contributed by atoms with Crippen LogP contribution in [0.5, 0.6) is 0 Å². The van der Waals surface area contributed by atoms with E-state index < -0.39 is 5.97 Å². The Morgan fingerprint density at radius 3 is 2.92 bits per heavy atom. The van der Waals surface area contributed by atoms with Crippen molar-refractivity contribution in [1.82, 2.24) is 9.78 Å². The summed E-state index contributed by atoms with van der Waals surface area (Å²) in [7, 11) is 2.96. The van der Waals surface area contributed by atoms with Gasteiger partial charge in [0.05, 0.1) is 24.9 Å². The topological polar surface area (TPSA) is 64.3 Å². The molecule has 0 saturated carbocycles. The number of esters is 1. The number of ether oxygens (including phenoxy) is 1. The van der Waals surface area contributed by atoms with Crippen LogP contribution < -0.4 is 0 Å². The Hall–Kier alpha value is -1.78. The summed E-state index contributed by atoms with van der Waals surface area (Å²) in [6.45, 7) is 0. The summed E-state index contributed by atoms with van der Waals surface area (Å²) in [5.74, 6) is -0.749. The molecule has 0 aromatic carbocycles. The van der Waals surface area contributed by atoms with Crippen LogP contribution in [0.1, 0.15) is 5.56 Å². The standard InChI is InChI=1S/C8H10N2O3/c1-10-5-6(4-9-10)7(11)3-8(12)13-2/h3-5,11H,1-2H3. The minimum atomic E-state index is -0.596. The van der Waals surface area contributed by atoms with Crippen molar-refractivity contribution in [2.24, 2.45) is 7.05 Å². The molecule has 1 rings (SSSR count). The number of carbonyl (C=O) groups is 1. The Labute approximate surface area is 75.2 Å². The molecule has 0 radical (unpaired) electrons. The van der Waals surface area contributed by atoms with Crippen LogP contribution in [0.2, 0.25) is 0 Å². The number of aromatic nitrogens is 2. The Balaban J connectivity index is 2.84. The molecule has 0 fully saturated rings. The largest absolute Gasteiger partial charge is 0.507 e. The molecule has 0 unspecified atom stereocenters. The quantitative estimate of drug-likeness (QED) is 0.410. The van der Waals surface area contributed by atoms with E-state index in [2.05, 4.69) is 9.84 Å². The number of rotatable bonds is 2. The third kappa shape index (κ3) is 2.33. The molecule has 0 amide bonds. The normalized spacial score (nSPS) is 11.4. The third-order valence-corrected chi connectivity index (χ3v) is 1.46. The van der Waals surface area contributed by atoms with Gasteiger partial charge in [-0.05, 0) is 0 Å². The molecule has 0 saturated heterocycles. The first kappa shape index (κ1) is 9.31. The minimum Gasteiger partial charge on any atom is -0.507 e. The van der Waals surface area contributed by atoms with Crippen LogP contribution in [-0.2, 0) is 16.6 Å². The average Bonchev–Trinajstić information content (AvgIpc) is 2.51. The van der Waals surface area contributed by atoms with Gasteiger partial charge in [-0.15, -0.1) is 0 Å². The zero-order valence-electron chi connectivity index (χ0n) is 7.39. The fourth-order valence-electron chi connectivity index (χ4n) is 0.807. The molecule has 1 N–H and O–H groups in total. The van der Waals surface area contributed by atoms with Crippen LogP contribution in [0.3, 0.4) is 0 Å². The highest BCUT2D eigenvalue weighted by molar-refractivity contribution is 5.89. The number of nitrogens with zero attached hydrogens (tertiary/aromatic N) is 2. The summed E-state index contributed by atoms with van der Waals surface area (Å²) in [6.07, 6.45) is 4.04. The maximum Gasteiger partial charge on any atom is 0.334 e. The van der Waals surface area contributed by atoms with E-state index in [-0.39, 0.29) is 5.76 Å². The first-order valence-electron chi connectivity index (χ1n) is 3.61. The van der Waals surface area contributed by atoms with Crippen LogP contribution >= 0.6 is 0 Å². The molecule has 0 aliphatic heterocycles. The van der Waals surface area contributed by atoms with Gasteiger partial charge in [-0.1, -0.05) is 0 Å². The Kier molecular flexibility index (Phi) is 2.69. The molecule has 0 spiro atoms. The average molecular weight is 182 g/mol. The van der Waals surface area contributed by atoms with E-state index in [9.17, 15) is 9.90 Å². The third-order valence-electron chi connectivity index (χ3n) is 1.46. The lowest BCUT2D eigenvalue weighted by Crippen LogP contribution is -1.96. The van der Waals surface area contributed by atoms with Crippen molar-refractivity contribution >= 4 is 11.7 Å². The molecule has 1 aromatic heterocycles. The van der Waals surface area contributed by atoms with E-state index in [0.29, 0.717) is 5.56 Å². The van der Waals surface area contributed by atoms with E-state index in [1.165, 1.54) is 18.0 Å². The van der Waals surface area contributed by atoms with Gasteiger partial charge in [0.2, 0.25) is 0 Å². The molecular formula is C8H10N2O3. The predicted octanol–water partition coefficient (Wildman–Crippen LogP) is 0.492. The van der Waals surface area contributed by atoms with Gasteiger partial charge < -0.3 is 9.84 Å². The van der Waals surface area contributed by atoms with E-state index in [1.54, 1.807) is 13.2 Å². The molecule has 5 heteroatoms.